The van der Waals surface area contributed by atoms with Gasteiger partial charge in [-0.15, -0.1) is 0 Å². The van der Waals surface area contributed by atoms with Crippen LogP contribution in [-0.4, -0.2) is 4.98 Å². The summed E-state index contributed by atoms with van der Waals surface area (Å²) in [6.45, 7) is 2.74. The highest BCUT2D eigenvalue weighted by molar-refractivity contribution is 6.28. The molecule has 2 aromatic rings. The van der Waals surface area contributed by atoms with Crippen LogP contribution in [0.15, 0.2) is 41.1 Å². The van der Waals surface area contributed by atoms with Gasteiger partial charge in [-0.25, -0.2) is 0 Å². The molecule has 0 unspecified atom stereocenters. The second-order valence-corrected chi connectivity index (χ2v) is 3.97. The Labute approximate surface area is 99.5 Å². The first kappa shape index (κ1) is 11.2. The van der Waals surface area contributed by atoms with E-state index < -0.39 is 0 Å². The molecule has 0 spiro atoms. The van der Waals surface area contributed by atoms with Crippen molar-refractivity contribution in [3.63, 3.8) is 0 Å². The van der Waals surface area contributed by atoms with Gasteiger partial charge in [-0.3, -0.25) is 4.98 Å². The van der Waals surface area contributed by atoms with E-state index >= 15 is 0 Å². The molecule has 16 heavy (non-hydrogen) atoms. The summed E-state index contributed by atoms with van der Waals surface area (Å²) >= 11 is 5.69. The Kier molecular flexibility index (Phi) is 3.59. The maximum atomic E-state index is 5.69. The minimum absolute atomic E-state index is 0.234. The average Bonchev–Trinajstić information content (AvgIpc) is 2.73. The lowest BCUT2D eigenvalue weighted by atomic mass is 10.1. The van der Waals surface area contributed by atoms with Crippen LogP contribution in [0.3, 0.4) is 0 Å². The van der Waals surface area contributed by atoms with Gasteiger partial charge in [0.05, 0.1) is 6.54 Å². The fraction of sp³-hybridized carbons (Fsp3) is 0.250. The molecule has 1 N–H and O–H groups in total. The van der Waals surface area contributed by atoms with Crippen molar-refractivity contribution < 1.29 is 4.42 Å². The SMILES string of the molecule is C[C@H](NCc1ccc(Cl)o1)c1cccnc1. The standard InChI is InChI=1S/C12H13ClN2O/c1-9(10-3-2-6-14-7-10)15-8-11-4-5-12(13)16-11/h2-7,9,15H,8H2,1H3/t9-/m0/s1. The maximum absolute atomic E-state index is 5.69. The number of pyridine rings is 1. The van der Waals surface area contributed by atoms with Gasteiger partial charge < -0.3 is 9.73 Å². The summed E-state index contributed by atoms with van der Waals surface area (Å²) in [6, 6.07) is 7.81. The van der Waals surface area contributed by atoms with E-state index in [1.165, 1.54) is 0 Å². The molecule has 0 aliphatic rings. The van der Waals surface area contributed by atoms with Crippen LogP contribution in [-0.2, 0) is 6.54 Å². The Morgan fingerprint density at radius 3 is 2.94 bits per heavy atom. The summed E-state index contributed by atoms with van der Waals surface area (Å²) in [4.78, 5) is 4.08. The Balaban J connectivity index is 1.91. The number of aromatic nitrogens is 1. The minimum Gasteiger partial charge on any atom is -0.448 e. The fourth-order valence-electron chi connectivity index (χ4n) is 1.45. The Morgan fingerprint density at radius 1 is 1.44 bits per heavy atom. The van der Waals surface area contributed by atoms with Crippen molar-refractivity contribution in [2.75, 3.05) is 0 Å². The zero-order valence-electron chi connectivity index (χ0n) is 8.98. The summed E-state index contributed by atoms with van der Waals surface area (Å²) in [5, 5.41) is 3.76. The van der Waals surface area contributed by atoms with E-state index in [1.54, 1.807) is 12.3 Å². The summed E-state index contributed by atoms with van der Waals surface area (Å²) in [7, 11) is 0. The monoisotopic (exact) mass is 236 g/mol. The molecule has 0 amide bonds. The summed E-state index contributed by atoms with van der Waals surface area (Å²) in [5.41, 5.74) is 1.15. The molecule has 0 radical (unpaired) electrons. The van der Waals surface area contributed by atoms with Crippen molar-refractivity contribution in [3.8, 4) is 0 Å². The van der Waals surface area contributed by atoms with Gasteiger partial charge in [-0.05, 0) is 42.3 Å². The lowest BCUT2D eigenvalue weighted by Gasteiger charge is -2.12. The first-order valence-electron chi connectivity index (χ1n) is 5.13. The van der Waals surface area contributed by atoms with Gasteiger partial charge in [0, 0.05) is 18.4 Å². The number of hydrogen-bond donors (Lipinski definition) is 1. The van der Waals surface area contributed by atoms with E-state index in [0.717, 1.165) is 11.3 Å². The van der Waals surface area contributed by atoms with Crippen LogP contribution < -0.4 is 5.32 Å². The molecule has 84 valence electrons. The van der Waals surface area contributed by atoms with E-state index in [0.29, 0.717) is 11.8 Å². The van der Waals surface area contributed by atoms with Gasteiger partial charge in [0.25, 0.3) is 0 Å². The average molecular weight is 237 g/mol. The Bertz CT molecular complexity index is 441. The number of nitrogens with zero attached hydrogens (tertiary/aromatic N) is 1. The topological polar surface area (TPSA) is 38.1 Å². The number of furan rings is 1. The van der Waals surface area contributed by atoms with Gasteiger partial charge >= 0.3 is 0 Å². The molecule has 3 nitrogen and oxygen atoms in total. The minimum atomic E-state index is 0.234. The second-order valence-electron chi connectivity index (χ2n) is 3.59. The highest BCUT2D eigenvalue weighted by Gasteiger charge is 2.06. The van der Waals surface area contributed by atoms with Crippen LogP contribution in [0.4, 0.5) is 0 Å². The lowest BCUT2D eigenvalue weighted by molar-refractivity contribution is 0.461. The van der Waals surface area contributed by atoms with Crippen molar-refractivity contribution >= 4 is 11.6 Å². The maximum Gasteiger partial charge on any atom is 0.193 e. The molecule has 2 rings (SSSR count). The van der Waals surface area contributed by atoms with E-state index in [1.807, 2.05) is 24.4 Å². The van der Waals surface area contributed by atoms with Crippen LogP contribution in [0.2, 0.25) is 5.22 Å². The van der Waals surface area contributed by atoms with Crippen molar-refractivity contribution in [3.05, 3.63) is 53.2 Å². The molecule has 0 fully saturated rings. The largest absolute Gasteiger partial charge is 0.448 e. The third kappa shape index (κ3) is 2.84. The van der Waals surface area contributed by atoms with Crippen LogP contribution in [0.25, 0.3) is 0 Å². The van der Waals surface area contributed by atoms with E-state index in [4.69, 9.17) is 16.0 Å². The number of halogens is 1. The van der Waals surface area contributed by atoms with Crippen molar-refractivity contribution in [1.82, 2.24) is 10.3 Å². The fourth-order valence-corrected chi connectivity index (χ4v) is 1.61. The van der Waals surface area contributed by atoms with Crippen molar-refractivity contribution in [2.24, 2.45) is 0 Å². The predicted octanol–water partition coefficient (Wildman–Crippen LogP) is 3.18. The molecular weight excluding hydrogens is 224 g/mol. The highest BCUT2D eigenvalue weighted by Crippen LogP contribution is 2.15. The van der Waals surface area contributed by atoms with Crippen molar-refractivity contribution in [2.45, 2.75) is 19.5 Å². The zero-order chi connectivity index (χ0) is 11.4. The molecule has 0 saturated carbocycles. The van der Waals surface area contributed by atoms with Gasteiger partial charge in [-0.2, -0.15) is 0 Å². The van der Waals surface area contributed by atoms with Crippen LogP contribution in [0, 0.1) is 0 Å². The third-order valence-corrected chi connectivity index (χ3v) is 2.60. The number of hydrogen-bond acceptors (Lipinski definition) is 3. The molecule has 0 bridgehead atoms. The van der Waals surface area contributed by atoms with Crippen LogP contribution in [0.5, 0.6) is 0 Å². The quantitative estimate of drug-likeness (QED) is 0.886. The number of rotatable bonds is 4. The van der Waals surface area contributed by atoms with Crippen LogP contribution >= 0.6 is 11.6 Å². The van der Waals surface area contributed by atoms with Crippen molar-refractivity contribution in [1.29, 1.82) is 0 Å². The van der Waals surface area contributed by atoms with E-state index in [9.17, 15) is 0 Å². The lowest BCUT2D eigenvalue weighted by Crippen LogP contribution is -2.17. The third-order valence-electron chi connectivity index (χ3n) is 2.40. The molecule has 0 saturated heterocycles. The van der Waals surface area contributed by atoms with Gasteiger partial charge in [0.15, 0.2) is 5.22 Å². The van der Waals surface area contributed by atoms with E-state index in [-0.39, 0.29) is 6.04 Å². The highest BCUT2D eigenvalue weighted by atomic mass is 35.5. The molecule has 1 atom stereocenters. The van der Waals surface area contributed by atoms with Crippen LogP contribution in [0.1, 0.15) is 24.3 Å². The number of nitrogens with one attached hydrogen (secondary N) is 1. The molecular formula is C12H13ClN2O. The summed E-state index contributed by atoms with van der Waals surface area (Å²) in [5.74, 6) is 0.834. The Morgan fingerprint density at radius 2 is 2.31 bits per heavy atom. The predicted molar refractivity (Wildman–Crippen MR) is 63.2 cm³/mol. The van der Waals surface area contributed by atoms with Gasteiger partial charge in [0.2, 0.25) is 0 Å². The molecule has 2 heterocycles. The van der Waals surface area contributed by atoms with Gasteiger partial charge in [-0.1, -0.05) is 6.07 Å². The molecule has 0 aliphatic carbocycles. The molecule has 0 aromatic carbocycles. The first-order chi connectivity index (χ1) is 7.75. The van der Waals surface area contributed by atoms with Gasteiger partial charge in [0.1, 0.15) is 5.76 Å². The first-order valence-corrected chi connectivity index (χ1v) is 5.51. The smallest absolute Gasteiger partial charge is 0.193 e. The zero-order valence-corrected chi connectivity index (χ0v) is 9.74. The molecule has 4 heteroatoms. The normalized spacial score (nSPS) is 12.6. The Hall–Kier alpha value is -1.32. The van der Waals surface area contributed by atoms with E-state index in [2.05, 4.69) is 17.2 Å². The summed E-state index contributed by atoms with van der Waals surface area (Å²) in [6.07, 6.45) is 3.62. The summed E-state index contributed by atoms with van der Waals surface area (Å²) < 4.78 is 5.26. The second kappa shape index (κ2) is 5.14. The molecule has 0 aliphatic heterocycles. The molecule has 2 aromatic heterocycles.